The number of hydrogen-bond donors (Lipinski definition) is 0. The van der Waals surface area contributed by atoms with Crippen LogP contribution in [0.2, 0.25) is 5.15 Å². The smallest absolute Gasteiger partial charge is 0.263 e. The SMILES string of the molecule is C#CCN(CC1CC1)S(=O)(=O)c1c(Cl)nc2sccn12. The van der Waals surface area contributed by atoms with E-state index in [-0.39, 0.29) is 16.7 Å². The van der Waals surface area contributed by atoms with Crippen LogP contribution in [-0.4, -0.2) is 35.2 Å². The third-order valence-corrected chi connectivity index (χ3v) is 6.16. The van der Waals surface area contributed by atoms with Gasteiger partial charge >= 0.3 is 0 Å². The van der Waals surface area contributed by atoms with Crippen LogP contribution in [-0.2, 0) is 10.0 Å². The molecule has 1 aliphatic carbocycles. The zero-order valence-corrected chi connectivity index (χ0v) is 12.9. The lowest BCUT2D eigenvalue weighted by Gasteiger charge is -2.19. The molecule has 20 heavy (non-hydrogen) atoms. The molecule has 0 N–H and O–H groups in total. The van der Waals surface area contributed by atoms with Gasteiger partial charge < -0.3 is 0 Å². The van der Waals surface area contributed by atoms with Gasteiger partial charge in [-0.3, -0.25) is 4.40 Å². The molecule has 1 aliphatic rings. The first-order valence-corrected chi connectivity index (χ1v) is 8.78. The summed E-state index contributed by atoms with van der Waals surface area (Å²) in [5.41, 5.74) is 0. The van der Waals surface area contributed by atoms with Gasteiger partial charge in [0.15, 0.2) is 15.1 Å². The van der Waals surface area contributed by atoms with Gasteiger partial charge in [-0.2, -0.15) is 4.31 Å². The standard InChI is InChI=1S/C12H12ClN3O2S2/c1-2-5-15(8-9-3-4-9)20(17,18)11-10(13)14-12-16(11)6-7-19-12/h1,6-7,9H,3-5,8H2. The number of halogens is 1. The average Bonchev–Trinajstić information content (AvgIpc) is 2.99. The predicted molar refractivity (Wildman–Crippen MR) is 78.4 cm³/mol. The summed E-state index contributed by atoms with van der Waals surface area (Å²) in [7, 11) is -3.74. The summed E-state index contributed by atoms with van der Waals surface area (Å²) in [4.78, 5) is 4.62. The third kappa shape index (κ3) is 2.33. The Kier molecular flexibility index (Phi) is 3.50. The number of terminal acetylenes is 1. The van der Waals surface area contributed by atoms with Crippen LogP contribution in [0.1, 0.15) is 12.8 Å². The van der Waals surface area contributed by atoms with Crippen molar-refractivity contribution in [2.75, 3.05) is 13.1 Å². The van der Waals surface area contributed by atoms with E-state index in [1.165, 1.54) is 20.0 Å². The van der Waals surface area contributed by atoms with Crippen molar-refractivity contribution < 1.29 is 8.42 Å². The maximum absolute atomic E-state index is 12.8. The van der Waals surface area contributed by atoms with Crippen LogP contribution < -0.4 is 0 Å². The van der Waals surface area contributed by atoms with Crippen LogP contribution in [0.25, 0.3) is 4.96 Å². The maximum atomic E-state index is 12.8. The van der Waals surface area contributed by atoms with Gasteiger partial charge in [0, 0.05) is 18.1 Å². The number of imidazole rings is 1. The Morgan fingerprint density at radius 2 is 2.35 bits per heavy atom. The summed E-state index contributed by atoms with van der Waals surface area (Å²) in [6, 6.07) is 0. The highest BCUT2D eigenvalue weighted by molar-refractivity contribution is 7.89. The minimum absolute atomic E-state index is 0.00494. The quantitative estimate of drug-likeness (QED) is 0.789. The first kappa shape index (κ1) is 13.9. The first-order valence-electron chi connectivity index (χ1n) is 6.08. The highest BCUT2D eigenvalue weighted by Crippen LogP contribution is 2.33. The van der Waals surface area contributed by atoms with Crippen LogP contribution >= 0.6 is 22.9 Å². The van der Waals surface area contributed by atoms with Gasteiger partial charge in [-0.25, -0.2) is 13.4 Å². The number of nitrogens with zero attached hydrogens (tertiary/aromatic N) is 3. The van der Waals surface area contributed by atoms with Crippen molar-refractivity contribution in [3.8, 4) is 12.3 Å². The lowest BCUT2D eigenvalue weighted by molar-refractivity contribution is 0.427. The predicted octanol–water partition coefficient (Wildman–Crippen LogP) is 2.08. The number of sulfonamides is 1. The Balaban J connectivity index is 2.06. The number of hydrogen-bond acceptors (Lipinski definition) is 4. The van der Waals surface area contributed by atoms with Gasteiger partial charge in [0.2, 0.25) is 0 Å². The first-order chi connectivity index (χ1) is 9.54. The summed E-state index contributed by atoms with van der Waals surface area (Å²) in [5.74, 6) is 2.81. The van der Waals surface area contributed by atoms with E-state index in [2.05, 4.69) is 10.9 Å². The fraction of sp³-hybridized carbons (Fsp3) is 0.417. The molecule has 106 valence electrons. The van der Waals surface area contributed by atoms with Gasteiger partial charge in [-0.15, -0.1) is 17.8 Å². The largest absolute Gasteiger partial charge is 0.279 e. The van der Waals surface area contributed by atoms with Crippen LogP contribution in [0.15, 0.2) is 16.6 Å². The molecule has 1 fully saturated rings. The maximum Gasteiger partial charge on any atom is 0.263 e. The Labute approximate surface area is 126 Å². The van der Waals surface area contributed by atoms with Crippen LogP contribution in [0.3, 0.4) is 0 Å². The van der Waals surface area contributed by atoms with Gasteiger partial charge in [0.25, 0.3) is 10.0 Å². The molecule has 0 unspecified atom stereocenters. The second-order valence-corrected chi connectivity index (χ2v) is 7.79. The monoisotopic (exact) mass is 329 g/mol. The van der Waals surface area contributed by atoms with E-state index in [0.717, 1.165) is 12.8 Å². The topological polar surface area (TPSA) is 54.7 Å². The molecule has 2 heterocycles. The lowest BCUT2D eigenvalue weighted by Crippen LogP contribution is -2.34. The molecule has 0 aliphatic heterocycles. The molecular formula is C12H12ClN3O2S2. The molecular weight excluding hydrogens is 318 g/mol. The Bertz CT molecular complexity index is 783. The van der Waals surface area contributed by atoms with Gasteiger partial charge in [-0.1, -0.05) is 17.5 Å². The molecule has 5 nitrogen and oxygen atoms in total. The lowest BCUT2D eigenvalue weighted by atomic mass is 10.4. The van der Waals surface area contributed by atoms with Gasteiger partial charge in [0.05, 0.1) is 6.54 Å². The number of thiazole rings is 1. The number of fused-ring (bicyclic) bond motifs is 1. The molecule has 1 saturated carbocycles. The molecule has 0 radical (unpaired) electrons. The van der Waals surface area contributed by atoms with Crippen LogP contribution in [0, 0.1) is 18.3 Å². The molecule has 2 aromatic heterocycles. The fourth-order valence-corrected chi connectivity index (χ4v) is 4.87. The highest BCUT2D eigenvalue weighted by atomic mass is 35.5. The van der Waals surface area contributed by atoms with Crippen molar-refractivity contribution in [3.63, 3.8) is 0 Å². The minimum atomic E-state index is -3.74. The molecule has 0 amide bonds. The summed E-state index contributed by atoms with van der Waals surface area (Å²) < 4.78 is 28.4. The third-order valence-electron chi connectivity index (χ3n) is 3.19. The van der Waals surface area contributed by atoms with E-state index in [4.69, 9.17) is 18.0 Å². The summed E-state index contributed by atoms with van der Waals surface area (Å²) in [6.07, 6.45) is 9.04. The normalized spacial score (nSPS) is 15.8. The second-order valence-electron chi connectivity index (χ2n) is 4.71. The Morgan fingerprint density at radius 1 is 1.60 bits per heavy atom. The number of rotatable bonds is 5. The molecule has 0 aromatic carbocycles. The van der Waals surface area contributed by atoms with Crippen molar-refractivity contribution in [1.29, 1.82) is 0 Å². The van der Waals surface area contributed by atoms with Crippen molar-refractivity contribution in [1.82, 2.24) is 13.7 Å². The summed E-state index contributed by atoms with van der Waals surface area (Å²) in [6.45, 7) is 0.493. The van der Waals surface area contributed by atoms with Crippen LogP contribution in [0.5, 0.6) is 0 Å². The van der Waals surface area contributed by atoms with Crippen molar-refractivity contribution in [3.05, 3.63) is 16.7 Å². The molecule has 0 spiro atoms. The average molecular weight is 330 g/mol. The Hall–Kier alpha value is -1.07. The van der Waals surface area contributed by atoms with E-state index in [1.54, 1.807) is 11.6 Å². The summed E-state index contributed by atoms with van der Waals surface area (Å²) in [5, 5.41) is 1.77. The summed E-state index contributed by atoms with van der Waals surface area (Å²) >= 11 is 7.34. The van der Waals surface area contributed by atoms with Crippen molar-refractivity contribution >= 4 is 37.9 Å². The molecule has 8 heteroatoms. The van der Waals surface area contributed by atoms with E-state index < -0.39 is 10.0 Å². The molecule has 0 saturated heterocycles. The zero-order valence-electron chi connectivity index (χ0n) is 10.5. The van der Waals surface area contributed by atoms with Crippen molar-refractivity contribution in [2.45, 2.75) is 17.9 Å². The van der Waals surface area contributed by atoms with E-state index in [9.17, 15) is 8.42 Å². The second kappa shape index (κ2) is 5.04. The molecule has 3 rings (SSSR count). The van der Waals surface area contributed by atoms with E-state index in [0.29, 0.717) is 17.4 Å². The molecule has 0 atom stereocenters. The van der Waals surface area contributed by atoms with E-state index in [1.807, 2.05) is 0 Å². The van der Waals surface area contributed by atoms with E-state index >= 15 is 0 Å². The van der Waals surface area contributed by atoms with Crippen LogP contribution in [0.4, 0.5) is 0 Å². The van der Waals surface area contributed by atoms with Crippen molar-refractivity contribution in [2.24, 2.45) is 5.92 Å². The highest BCUT2D eigenvalue weighted by Gasteiger charge is 2.35. The number of aromatic nitrogens is 2. The zero-order chi connectivity index (χ0) is 14.3. The Morgan fingerprint density at radius 3 is 3.00 bits per heavy atom. The van der Waals surface area contributed by atoms with Gasteiger partial charge in [0.1, 0.15) is 0 Å². The van der Waals surface area contributed by atoms with Gasteiger partial charge in [-0.05, 0) is 18.8 Å². The minimum Gasteiger partial charge on any atom is -0.279 e. The molecule has 2 aromatic rings. The fourth-order valence-electron chi connectivity index (χ4n) is 2.03. The molecule has 0 bridgehead atoms.